The van der Waals surface area contributed by atoms with Gasteiger partial charge in [-0.15, -0.1) is 0 Å². The maximum Gasteiger partial charge on any atom is 0.255 e. The summed E-state index contributed by atoms with van der Waals surface area (Å²) in [5, 5.41) is 2.87. The fourth-order valence-corrected chi connectivity index (χ4v) is 3.90. The van der Waals surface area contributed by atoms with Crippen molar-refractivity contribution in [3.05, 3.63) is 59.7 Å². The first kappa shape index (κ1) is 19.6. The average molecular weight is 394 g/mol. The topological polar surface area (TPSA) is 50.2 Å². The minimum atomic E-state index is -0.358. The van der Waals surface area contributed by atoms with Gasteiger partial charge in [-0.05, 0) is 74.3 Å². The lowest BCUT2D eigenvalue weighted by Gasteiger charge is -2.29. The number of hydrogen-bond donors (Lipinski definition) is 1. The number of rotatable bonds is 5. The van der Waals surface area contributed by atoms with E-state index in [4.69, 9.17) is 4.98 Å². The number of carbonyl (C=O) groups is 1. The molecule has 29 heavy (non-hydrogen) atoms. The van der Waals surface area contributed by atoms with Crippen LogP contribution in [0.3, 0.4) is 0 Å². The number of benzene rings is 2. The molecule has 0 bridgehead atoms. The highest BCUT2D eigenvalue weighted by atomic mass is 19.1. The van der Waals surface area contributed by atoms with Gasteiger partial charge in [0.15, 0.2) is 0 Å². The predicted octanol–water partition coefficient (Wildman–Crippen LogP) is 4.24. The van der Waals surface area contributed by atoms with Crippen molar-refractivity contribution in [3.8, 4) is 0 Å². The summed E-state index contributed by atoms with van der Waals surface area (Å²) in [7, 11) is 2.04. The Bertz CT molecular complexity index is 1000. The van der Waals surface area contributed by atoms with Crippen molar-refractivity contribution in [2.75, 3.05) is 25.0 Å². The van der Waals surface area contributed by atoms with E-state index in [1.807, 2.05) is 25.2 Å². The molecule has 0 atom stereocenters. The van der Waals surface area contributed by atoms with Gasteiger partial charge in [-0.25, -0.2) is 9.37 Å². The normalized spacial score (nSPS) is 15.7. The van der Waals surface area contributed by atoms with Gasteiger partial charge in [0.25, 0.3) is 5.91 Å². The summed E-state index contributed by atoms with van der Waals surface area (Å²) in [5.74, 6) is 1.27. The van der Waals surface area contributed by atoms with Crippen molar-refractivity contribution >= 4 is 22.6 Å². The van der Waals surface area contributed by atoms with Gasteiger partial charge in [0.2, 0.25) is 0 Å². The van der Waals surface area contributed by atoms with Crippen LogP contribution in [0.15, 0.2) is 42.5 Å². The standard InChI is InChI=1S/C23H27FN4O/c1-16-9-12-28(13-10-16)14-11-22-26-20-15-19(7-8-21(20)27(22)2)25-23(29)17-3-5-18(24)6-4-17/h3-8,15-16H,9-14H2,1-2H3,(H,25,29). The molecule has 0 spiro atoms. The van der Waals surface area contributed by atoms with E-state index in [1.54, 1.807) is 0 Å². The molecule has 1 aromatic heterocycles. The number of piperidine rings is 1. The van der Waals surface area contributed by atoms with Crippen LogP contribution in [0.2, 0.25) is 0 Å². The predicted molar refractivity (Wildman–Crippen MR) is 114 cm³/mol. The summed E-state index contributed by atoms with van der Waals surface area (Å²) >= 11 is 0. The number of amides is 1. The van der Waals surface area contributed by atoms with Crippen molar-refractivity contribution in [1.82, 2.24) is 14.5 Å². The Hall–Kier alpha value is -2.73. The lowest BCUT2D eigenvalue weighted by molar-refractivity contribution is 0.102. The third-order valence-corrected chi connectivity index (χ3v) is 5.87. The maximum atomic E-state index is 13.0. The van der Waals surface area contributed by atoms with Crippen LogP contribution < -0.4 is 5.32 Å². The molecular formula is C23H27FN4O. The minimum absolute atomic E-state index is 0.264. The largest absolute Gasteiger partial charge is 0.331 e. The third kappa shape index (κ3) is 4.48. The number of hydrogen-bond acceptors (Lipinski definition) is 3. The average Bonchev–Trinajstić information content (AvgIpc) is 3.03. The number of aromatic nitrogens is 2. The van der Waals surface area contributed by atoms with Gasteiger partial charge in [-0.1, -0.05) is 6.92 Å². The molecule has 1 amide bonds. The molecule has 2 aromatic carbocycles. The summed E-state index contributed by atoms with van der Waals surface area (Å²) in [5.41, 5.74) is 3.02. The Morgan fingerprint density at radius 1 is 1.17 bits per heavy atom. The molecule has 1 N–H and O–H groups in total. The molecule has 2 heterocycles. The molecule has 0 radical (unpaired) electrons. The van der Waals surface area contributed by atoms with Crippen LogP contribution in [-0.2, 0) is 13.5 Å². The number of imidazole rings is 1. The summed E-state index contributed by atoms with van der Waals surface area (Å²) < 4.78 is 15.2. The number of carbonyl (C=O) groups excluding carboxylic acids is 1. The fraction of sp³-hybridized carbons (Fsp3) is 0.391. The smallest absolute Gasteiger partial charge is 0.255 e. The second-order valence-electron chi connectivity index (χ2n) is 8.03. The van der Waals surface area contributed by atoms with Gasteiger partial charge in [0.05, 0.1) is 11.0 Å². The molecule has 6 heteroatoms. The van der Waals surface area contributed by atoms with E-state index >= 15 is 0 Å². The third-order valence-electron chi connectivity index (χ3n) is 5.87. The van der Waals surface area contributed by atoms with Crippen molar-refractivity contribution in [2.24, 2.45) is 13.0 Å². The number of nitrogens with one attached hydrogen (secondary N) is 1. The van der Waals surface area contributed by atoms with Crippen molar-refractivity contribution in [1.29, 1.82) is 0 Å². The zero-order chi connectivity index (χ0) is 20.4. The van der Waals surface area contributed by atoms with Crippen LogP contribution in [0.25, 0.3) is 11.0 Å². The monoisotopic (exact) mass is 394 g/mol. The molecular weight excluding hydrogens is 367 g/mol. The Morgan fingerprint density at radius 2 is 1.90 bits per heavy atom. The highest BCUT2D eigenvalue weighted by Crippen LogP contribution is 2.21. The van der Waals surface area contributed by atoms with Gasteiger partial charge in [-0.3, -0.25) is 4.79 Å². The minimum Gasteiger partial charge on any atom is -0.331 e. The van der Waals surface area contributed by atoms with Gasteiger partial charge in [0, 0.05) is 31.3 Å². The molecule has 0 unspecified atom stereocenters. The second-order valence-corrected chi connectivity index (χ2v) is 8.03. The van der Waals surface area contributed by atoms with E-state index in [1.165, 1.54) is 50.2 Å². The summed E-state index contributed by atoms with van der Waals surface area (Å²) in [6.45, 7) is 5.70. The molecule has 4 rings (SSSR count). The first-order chi connectivity index (χ1) is 14.0. The zero-order valence-corrected chi connectivity index (χ0v) is 17.0. The number of aryl methyl sites for hydroxylation is 1. The summed E-state index contributed by atoms with van der Waals surface area (Å²) in [6, 6.07) is 11.3. The molecule has 3 aromatic rings. The molecule has 1 fully saturated rings. The number of nitrogens with zero attached hydrogens (tertiary/aromatic N) is 3. The van der Waals surface area contributed by atoms with Crippen LogP contribution in [0.4, 0.5) is 10.1 Å². The molecule has 1 aliphatic heterocycles. The van der Waals surface area contributed by atoms with Crippen molar-refractivity contribution in [3.63, 3.8) is 0 Å². The van der Waals surface area contributed by atoms with Crippen molar-refractivity contribution in [2.45, 2.75) is 26.2 Å². The fourth-order valence-electron chi connectivity index (χ4n) is 3.90. The first-order valence-electron chi connectivity index (χ1n) is 10.2. The molecule has 152 valence electrons. The van der Waals surface area contributed by atoms with Crippen LogP contribution in [0.1, 0.15) is 35.9 Å². The van der Waals surface area contributed by atoms with Crippen LogP contribution >= 0.6 is 0 Å². The Kier molecular flexibility index (Phi) is 5.62. The zero-order valence-electron chi connectivity index (χ0n) is 17.0. The van der Waals surface area contributed by atoms with E-state index < -0.39 is 0 Å². The molecule has 0 aliphatic carbocycles. The van der Waals surface area contributed by atoms with Gasteiger partial charge in [-0.2, -0.15) is 0 Å². The highest BCUT2D eigenvalue weighted by molar-refractivity contribution is 6.04. The van der Waals surface area contributed by atoms with Gasteiger partial charge in [0.1, 0.15) is 11.6 Å². The number of anilines is 1. The molecule has 1 saturated heterocycles. The van der Waals surface area contributed by atoms with E-state index in [9.17, 15) is 9.18 Å². The van der Waals surface area contributed by atoms with Crippen molar-refractivity contribution < 1.29 is 9.18 Å². The molecule has 0 saturated carbocycles. The summed E-state index contributed by atoms with van der Waals surface area (Å²) in [4.78, 5) is 19.7. The lowest BCUT2D eigenvalue weighted by atomic mass is 9.99. The number of likely N-dealkylation sites (tertiary alicyclic amines) is 1. The number of fused-ring (bicyclic) bond motifs is 1. The first-order valence-corrected chi connectivity index (χ1v) is 10.2. The maximum absolute atomic E-state index is 13.0. The second kappa shape index (κ2) is 8.33. The van der Waals surface area contributed by atoms with Crippen LogP contribution in [0.5, 0.6) is 0 Å². The Labute approximate surface area is 170 Å². The highest BCUT2D eigenvalue weighted by Gasteiger charge is 2.17. The van der Waals surface area contributed by atoms with Gasteiger partial charge >= 0.3 is 0 Å². The lowest BCUT2D eigenvalue weighted by Crippen LogP contribution is -2.34. The van der Waals surface area contributed by atoms with Crippen LogP contribution in [0, 0.1) is 11.7 Å². The van der Waals surface area contributed by atoms with Crippen LogP contribution in [-0.4, -0.2) is 40.0 Å². The molecule has 1 aliphatic rings. The Morgan fingerprint density at radius 3 is 2.62 bits per heavy atom. The Balaban J connectivity index is 1.45. The quantitative estimate of drug-likeness (QED) is 0.704. The summed E-state index contributed by atoms with van der Waals surface area (Å²) in [6.07, 6.45) is 3.47. The van der Waals surface area contributed by atoms with E-state index in [0.717, 1.165) is 35.7 Å². The van der Waals surface area contributed by atoms with E-state index in [-0.39, 0.29) is 11.7 Å². The van der Waals surface area contributed by atoms with Gasteiger partial charge < -0.3 is 14.8 Å². The molecule has 5 nitrogen and oxygen atoms in total. The van der Waals surface area contributed by atoms with E-state index in [0.29, 0.717) is 11.3 Å². The number of halogens is 1. The SMILES string of the molecule is CC1CCN(CCc2nc3cc(NC(=O)c4ccc(F)cc4)ccc3n2C)CC1. The van der Waals surface area contributed by atoms with E-state index in [2.05, 4.69) is 21.7 Å².